The second kappa shape index (κ2) is 5.72. The minimum absolute atomic E-state index is 0.0187. The first-order valence-electron chi connectivity index (χ1n) is 7.26. The van der Waals surface area contributed by atoms with E-state index in [0.717, 1.165) is 27.0 Å². The molecule has 0 spiro atoms. The first-order chi connectivity index (χ1) is 10.7. The third-order valence-corrected chi connectivity index (χ3v) is 7.70. The van der Waals surface area contributed by atoms with Gasteiger partial charge in [-0.15, -0.1) is 11.3 Å². The minimum Gasteiger partial charge on any atom is -0.348 e. The average molecular weight is 373 g/mol. The third-order valence-electron chi connectivity index (χ3n) is 4.19. The number of rotatable bonds is 2. The fourth-order valence-corrected chi connectivity index (χ4v) is 5.98. The van der Waals surface area contributed by atoms with Gasteiger partial charge in [0.05, 0.1) is 27.1 Å². The maximum Gasteiger partial charge on any atom is 0.261 e. The number of nitrogens with one attached hydrogen (secondary N) is 1. The highest BCUT2D eigenvalue weighted by Crippen LogP contribution is 2.36. The minimum atomic E-state index is -3.02. The van der Waals surface area contributed by atoms with Crippen LogP contribution in [-0.2, 0) is 9.84 Å². The molecule has 3 rings (SSSR count). The number of aryl methyl sites for hydroxylation is 3. The van der Waals surface area contributed by atoms with Gasteiger partial charge in [0.2, 0.25) is 0 Å². The van der Waals surface area contributed by atoms with Crippen molar-refractivity contribution in [2.24, 2.45) is 0 Å². The summed E-state index contributed by atoms with van der Waals surface area (Å²) in [4.78, 5) is 18.3. The SMILES string of the molecule is Cc1nc2sc(C(=O)NC3CCS(=O)(=O)C3)c(C)c2c(C)c1Cl. The zero-order chi connectivity index (χ0) is 16.9. The van der Waals surface area contributed by atoms with Gasteiger partial charge >= 0.3 is 0 Å². The molecule has 2 aromatic rings. The van der Waals surface area contributed by atoms with E-state index in [0.29, 0.717) is 16.3 Å². The van der Waals surface area contributed by atoms with Crippen LogP contribution in [0.3, 0.4) is 0 Å². The molecule has 1 atom stereocenters. The van der Waals surface area contributed by atoms with Gasteiger partial charge in [-0.25, -0.2) is 13.4 Å². The topological polar surface area (TPSA) is 76.1 Å². The quantitative estimate of drug-likeness (QED) is 0.879. The van der Waals surface area contributed by atoms with E-state index in [1.165, 1.54) is 11.3 Å². The molecule has 0 aliphatic carbocycles. The number of nitrogens with zero attached hydrogens (tertiary/aromatic N) is 1. The molecule has 1 aliphatic heterocycles. The molecular weight excluding hydrogens is 356 g/mol. The van der Waals surface area contributed by atoms with Gasteiger partial charge in [0.15, 0.2) is 9.84 Å². The van der Waals surface area contributed by atoms with Crippen LogP contribution in [0.2, 0.25) is 5.02 Å². The molecule has 1 aliphatic rings. The maximum atomic E-state index is 12.5. The summed E-state index contributed by atoms with van der Waals surface area (Å²) in [6, 6.07) is -0.309. The Morgan fingerprint density at radius 2 is 2.00 bits per heavy atom. The fraction of sp³-hybridized carbons (Fsp3) is 0.467. The van der Waals surface area contributed by atoms with Gasteiger partial charge in [0, 0.05) is 11.4 Å². The first kappa shape index (κ1) is 16.7. The number of hydrogen-bond acceptors (Lipinski definition) is 5. The molecule has 124 valence electrons. The van der Waals surface area contributed by atoms with Gasteiger partial charge < -0.3 is 5.32 Å². The van der Waals surface area contributed by atoms with E-state index in [2.05, 4.69) is 10.3 Å². The average Bonchev–Trinajstić information content (AvgIpc) is 2.96. The smallest absolute Gasteiger partial charge is 0.261 e. The van der Waals surface area contributed by atoms with E-state index in [-0.39, 0.29) is 23.5 Å². The summed E-state index contributed by atoms with van der Waals surface area (Å²) < 4.78 is 23.0. The molecule has 1 amide bonds. The van der Waals surface area contributed by atoms with E-state index in [9.17, 15) is 13.2 Å². The van der Waals surface area contributed by atoms with Crippen molar-refractivity contribution in [2.45, 2.75) is 33.2 Å². The van der Waals surface area contributed by atoms with Crippen LogP contribution in [0.4, 0.5) is 0 Å². The molecule has 1 fully saturated rings. The van der Waals surface area contributed by atoms with E-state index >= 15 is 0 Å². The number of thiophene rings is 1. The Morgan fingerprint density at radius 1 is 1.30 bits per heavy atom. The van der Waals surface area contributed by atoms with Gasteiger partial charge in [0.1, 0.15) is 4.83 Å². The number of aromatic nitrogens is 1. The van der Waals surface area contributed by atoms with Crippen LogP contribution in [0, 0.1) is 20.8 Å². The lowest BCUT2D eigenvalue weighted by Gasteiger charge is -2.10. The predicted molar refractivity (Wildman–Crippen MR) is 93.4 cm³/mol. The van der Waals surface area contributed by atoms with E-state index in [4.69, 9.17) is 11.6 Å². The van der Waals surface area contributed by atoms with Crippen LogP contribution in [-0.4, -0.2) is 36.9 Å². The Kier molecular flexibility index (Phi) is 4.14. The number of amides is 1. The molecule has 0 radical (unpaired) electrons. The zero-order valence-corrected chi connectivity index (χ0v) is 15.5. The van der Waals surface area contributed by atoms with Gasteiger partial charge in [0.25, 0.3) is 5.91 Å². The van der Waals surface area contributed by atoms with Crippen molar-refractivity contribution in [2.75, 3.05) is 11.5 Å². The van der Waals surface area contributed by atoms with E-state index in [1.807, 2.05) is 20.8 Å². The van der Waals surface area contributed by atoms with E-state index < -0.39 is 9.84 Å². The number of hydrogen-bond donors (Lipinski definition) is 1. The lowest BCUT2D eigenvalue weighted by Crippen LogP contribution is -2.35. The second-order valence-corrected chi connectivity index (χ2v) is 9.55. The van der Waals surface area contributed by atoms with Crippen molar-refractivity contribution in [3.8, 4) is 0 Å². The van der Waals surface area contributed by atoms with Crippen LogP contribution < -0.4 is 5.32 Å². The highest BCUT2D eigenvalue weighted by Gasteiger charge is 2.30. The summed E-state index contributed by atoms with van der Waals surface area (Å²) in [7, 11) is -3.02. The molecule has 1 unspecified atom stereocenters. The van der Waals surface area contributed by atoms with Crippen LogP contribution in [0.1, 0.15) is 32.9 Å². The summed E-state index contributed by atoms with van der Waals surface area (Å²) in [6.07, 6.45) is 0.472. The van der Waals surface area contributed by atoms with Crippen LogP contribution in [0.25, 0.3) is 10.2 Å². The molecule has 8 heteroatoms. The van der Waals surface area contributed by atoms with Crippen LogP contribution in [0.5, 0.6) is 0 Å². The number of carbonyl (C=O) groups excluding carboxylic acids is 1. The highest BCUT2D eigenvalue weighted by molar-refractivity contribution is 7.91. The molecule has 3 heterocycles. The molecule has 0 aromatic carbocycles. The maximum absolute atomic E-state index is 12.5. The van der Waals surface area contributed by atoms with Gasteiger partial charge in [-0.2, -0.15) is 0 Å². The molecule has 23 heavy (non-hydrogen) atoms. The normalized spacial score (nSPS) is 20.1. The molecule has 0 bridgehead atoms. The predicted octanol–water partition coefficient (Wildman–Crippen LogP) is 2.79. The zero-order valence-electron chi connectivity index (χ0n) is 13.1. The Balaban J connectivity index is 1.96. The number of pyridine rings is 1. The van der Waals surface area contributed by atoms with Crippen molar-refractivity contribution >= 4 is 48.9 Å². The second-order valence-electron chi connectivity index (χ2n) is 5.95. The number of halogens is 1. The molecule has 0 saturated carbocycles. The number of fused-ring (bicyclic) bond motifs is 1. The summed E-state index contributed by atoms with van der Waals surface area (Å²) in [5.74, 6) is -0.0789. The van der Waals surface area contributed by atoms with Crippen molar-refractivity contribution < 1.29 is 13.2 Å². The molecule has 5 nitrogen and oxygen atoms in total. The van der Waals surface area contributed by atoms with Gasteiger partial charge in [-0.3, -0.25) is 4.79 Å². The molecule has 1 N–H and O–H groups in total. The lowest BCUT2D eigenvalue weighted by molar-refractivity contribution is 0.0945. The van der Waals surface area contributed by atoms with Crippen molar-refractivity contribution in [1.82, 2.24) is 10.3 Å². The molecule has 2 aromatic heterocycles. The van der Waals surface area contributed by atoms with Crippen LogP contribution in [0.15, 0.2) is 0 Å². The van der Waals surface area contributed by atoms with Gasteiger partial charge in [-0.1, -0.05) is 11.6 Å². The number of carbonyl (C=O) groups is 1. The fourth-order valence-electron chi connectivity index (χ4n) is 2.98. The standard InChI is InChI=1S/C15H17ClN2O3S2/c1-7-11-8(2)13(22-15(11)17-9(3)12(7)16)14(19)18-10-4-5-23(20,21)6-10/h10H,4-6H2,1-3H3,(H,18,19). The largest absolute Gasteiger partial charge is 0.348 e. The van der Waals surface area contributed by atoms with Crippen molar-refractivity contribution in [3.63, 3.8) is 0 Å². The summed E-state index contributed by atoms with van der Waals surface area (Å²) in [5.41, 5.74) is 2.51. The summed E-state index contributed by atoms with van der Waals surface area (Å²) in [5, 5.41) is 4.36. The van der Waals surface area contributed by atoms with Crippen LogP contribution >= 0.6 is 22.9 Å². The Labute approximate surface area is 144 Å². The number of sulfone groups is 1. The highest BCUT2D eigenvalue weighted by atomic mass is 35.5. The van der Waals surface area contributed by atoms with E-state index in [1.54, 1.807) is 0 Å². The Morgan fingerprint density at radius 3 is 2.61 bits per heavy atom. The molecule has 1 saturated heterocycles. The van der Waals surface area contributed by atoms with Gasteiger partial charge in [-0.05, 0) is 38.3 Å². The summed E-state index contributed by atoms with van der Waals surface area (Å²) in [6.45, 7) is 5.64. The monoisotopic (exact) mass is 372 g/mol. The third kappa shape index (κ3) is 2.97. The molecular formula is C15H17ClN2O3S2. The Bertz CT molecular complexity index is 919. The first-order valence-corrected chi connectivity index (χ1v) is 10.3. The Hall–Kier alpha value is -1.18. The van der Waals surface area contributed by atoms with Crippen molar-refractivity contribution in [3.05, 3.63) is 26.7 Å². The van der Waals surface area contributed by atoms with Crippen molar-refractivity contribution in [1.29, 1.82) is 0 Å². The lowest BCUT2D eigenvalue weighted by atomic mass is 10.1. The summed E-state index contributed by atoms with van der Waals surface area (Å²) >= 11 is 7.58.